The summed E-state index contributed by atoms with van der Waals surface area (Å²) in [5, 5.41) is 23.0. The minimum Gasteiger partial charge on any atom is -0.388 e. The normalized spacial score (nSPS) is 12.6. The van der Waals surface area contributed by atoms with Crippen LogP contribution in [0.5, 0.6) is 0 Å². The summed E-state index contributed by atoms with van der Waals surface area (Å²) in [7, 11) is 0. The summed E-state index contributed by atoms with van der Waals surface area (Å²) in [6, 6.07) is 5.10. The molecule has 0 aromatic heterocycles. The Bertz CT molecular complexity index is 446. The lowest BCUT2D eigenvalue weighted by Crippen LogP contribution is -2.17. The van der Waals surface area contributed by atoms with Gasteiger partial charge in [-0.15, -0.1) is 0 Å². The molecule has 0 bridgehead atoms. The van der Waals surface area contributed by atoms with Gasteiger partial charge in [0, 0.05) is 18.7 Å². The van der Waals surface area contributed by atoms with Gasteiger partial charge in [0.15, 0.2) is 0 Å². The summed E-state index contributed by atoms with van der Waals surface area (Å²) in [6.07, 6.45) is 2.55. The molecule has 6 heteroatoms. The maximum atomic E-state index is 10.9. The monoisotopic (exact) mass is 251 g/mol. The highest BCUT2D eigenvalue weighted by molar-refractivity contribution is 5.65. The number of para-hydroxylation sites is 1. The van der Waals surface area contributed by atoms with E-state index in [1.165, 1.54) is 0 Å². The van der Waals surface area contributed by atoms with Crippen LogP contribution in [0.15, 0.2) is 30.4 Å². The van der Waals surface area contributed by atoms with Crippen LogP contribution >= 0.6 is 0 Å². The second kappa shape index (κ2) is 6.73. The van der Waals surface area contributed by atoms with Crippen molar-refractivity contribution in [2.75, 3.05) is 18.4 Å². The molecule has 6 nitrogen and oxygen atoms in total. The Balaban J connectivity index is 2.71. The second-order valence-corrected chi connectivity index (χ2v) is 3.84. The number of nitrogens with zero attached hydrogens (tertiary/aromatic N) is 1. The second-order valence-electron chi connectivity index (χ2n) is 3.84. The molecule has 1 aromatic rings. The quantitative estimate of drug-likeness (QED) is 0.400. The van der Waals surface area contributed by atoms with Gasteiger partial charge in [0.05, 0.1) is 11.0 Å². The van der Waals surface area contributed by atoms with Gasteiger partial charge in [0.25, 0.3) is 5.69 Å². The fourth-order valence-electron chi connectivity index (χ4n) is 1.52. The zero-order chi connectivity index (χ0) is 13.5. The molecule has 0 spiro atoms. The lowest BCUT2D eigenvalue weighted by atomic mass is 10.1. The van der Waals surface area contributed by atoms with Crippen molar-refractivity contribution in [2.24, 2.45) is 5.73 Å². The molecule has 1 atom stereocenters. The van der Waals surface area contributed by atoms with E-state index in [9.17, 15) is 15.2 Å². The van der Waals surface area contributed by atoms with Crippen LogP contribution in [0.3, 0.4) is 0 Å². The number of nitro groups is 1. The van der Waals surface area contributed by atoms with E-state index in [1.54, 1.807) is 37.3 Å². The van der Waals surface area contributed by atoms with Crippen LogP contribution in [0.25, 0.3) is 0 Å². The van der Waals surface area contributed by atoms with Gasteiger partial charge in [-0.2, -0.15) is 0 Å². The number of hydrogen-bond donors (Lipinski definition) is 3. The van der Waals surface area contributed by atoms with Gasteiger partial charge in [-0.3, -0.25) is 10.1 Å². The molecule has 0 amide bonds. The van der Waals surface area contributed by atoms with E-state index < -0.39 is 11.0 Å². The average molecular weight is 251 g/mol. The molecule has 1 aromatic carbocycles. The Morgan fingerprint density at radius 3 is 2.94 bits per heavy atom. The van der Waals surface area contributed by atoms with Gasteiger partial charge < -0.3 is 16.2 Å². The first-order chi connectivity index (χ1) is 8.56. The van der Waals surface area contributed by atoms with Crippen molar-refractivity contribution in [3.8, 4) is 0 Å². The third-order valence-electron chi connectivity index (χ3n) is 2.43. The van der Waals surface area contributed by atoms with E-state index in [0.29, 0.717) is 17.8 Å². The molecule has 4 N–H and O–H groups in total. The van der Waals surface area contributed by atoms with Crippen molar-refractivity contribution in [2.45, 2.75) is 13.0 Å². The minimum absolute atomic E-state index is 0.0743. The number of aliphatic hydroxyl groups excluding tert-OH is 1. The third-order valence-corrected chi connectivity index (χ3v) is 2.43. The smallest absolute Gasteiger partial charge is 0.295 e. The van der Waals surface area contributed by atoms with E-state index in [4.69, 9.17) is 5.73 Å². The highest BCUT2D eigenvalue weighted by Gasteiger charge is 2.15. The molecule has 0 fully saturated rings. The van der Waals surface area contributed by atoms with Crippen LogP contribution in [0.4, 0.5) is 11.4 Å². The number of rotatable bonds is 6. The minimum atomic E-state index is -0.681. The largest absolute Gasteiger partial charge is 0.388 e. The van der Waals surface area contributed by atoms with Gasteiger partial charge >= 0.3 is 0 Å². The highest BCUT2D eigenvalue weighted by atomic mass is 16.6. The summed E-state index contributed by atoms with van der Waals surface area (Å²) < 4.78 is 0. The van der Waals surface area contributed by atoms with Crippen molar-refractivity contribution in [3.05, 3.63) is 46.0 Å². The molecule has 98 valence electrons. The molecule has 0 unspecified atom stereocenters. The molecule has 0 aliphatic rings. The van der Waals surface area contributed by atoms with Gasteiger partial charge in [-0.1, -0.05) is 24.3 Å². The Morgan fingerprint density at radius 1 is 1.61 bits per heavy atom. The zero-order valence-corrected chi connectivity index (χ0v) is 10.2. The van der Waals surface area contributed by atoms with E-state index in [-0.39, 0.29) is 12.2 Å². The Labute approximate surface area is 105 Å². The number of nitrogens with two attached hydrogens (primary N) is 1. The van der Waals surface area contributed by atoms with E-state index in [1.807, 2.05) is 0 Å². The molecule has 0 radical (unpaired) electrons. The molecular weight excluding hydrogens is 234 g/mol. The SMILES string of the molecule is Cc1cccc(NCC=C[C@@H](O)CN)c1[N+](=O)[O-]. The van der Waals surface area contributed by atoms with Crippen molar-refractivity contribution in [1.82, 2.24) is 0 Å². The number of hydrogen-bond acceptors (Lipinski definition) is 5. The summed E-state index contributed by atoms with van der Waals surface area (Å²) in [6.45, 7) is 2.24. The predicted octanol–water partition coefficient (Wildman–Crippen LogP) is 1.19. The lowest BCUT2D eigenvalue weighted by molar-refractivity contribution is -0.384. The molecule has 0 saturated heterocycles. The molecule has 1 rings (SSSR count). The maximum absolute atomic E-state index is 10.9. The topological polar surface area (TPSA) is 101 Å². The van der Waals surface area contributed by atoms with Crippen LogP contribution in [-0.2, 0) is 0 Å². The van der Waals surface area contributed by atoms with E-state index >= 15 is 0 Å². The summed E-state index contributed by atoms with van der Waals surface area (Å²) in [5.41, 5.74) is 6.38. The first-order valence-electron chi connectivity index (χ1n) is 5.59. The number of nitro benzene ring substituents is 1. The van der Waals surface area contributed by atoms with Crippen LogP contribution in [0.2, 0.25) is 0 Å². The summed E-state index contributed by atoms with van der Waals surface area (Å²) in [5.74, 6) is 0. The standard InChI is InChI=1S/C12H17N3O3/c1-9-4-2-6-11(12(9)15(17)18)14-7-3-5-10(16)8-13/h2-6,10,14,16H,7-8,13H2,1H3/t10-/m1/s1. The first kappa shape index (κ1) is 14.1. The summed E-state index contributed by atoms with van der Waals surface area (Å²) in [4.78, 5) is 10.5. The van der Waals surface area contributed by atoms with Crippen LogP contribution in [0.1, 0.15) is 5.56 Å². The molecule has 0 saturated carbocycles. The Kier molecular flexibility index (Phi) is 5.29. The summed E-state index contributed by atoms with van der Waals surface area (Å²) >= 11 is 0. The number of aliphatic hydroxyl groups is 1. The van der Waals surface area contributed by atoms with Gasteiger partial charge in [0.2, 0.25) is 0 Å². The number of anilines is 1. The third kappa shape index (κ3) is 3.83. The van der Waals surface area contributed by atoms with Crippen molar-refractivity contribution in [3.63, 3.8) is 0 Å². The van der Waals surface area contributed by atoms with Crippen LogP contribution in [-0.4, -0.2) is 29.2 Å². The predicted molar refractivity (Wildman–Crippen MR) is 70.5 cm³/mol. The molecule has 0 aliphatic carbocycles. The van der Waals surface area contributed by atoms with Crippen molar-refractivity contribution in [1.29, 1.82) is 0 Å². The fraction of sp³-hybridized carbons (Fsp3) is 0.333. The van der Waals surface area contributed by atoms with Gasteiger partial charge in [-0.25, -0.2) is 0 Å². The fourth-order valence-corrected chi connectivity index (χ4v) is 1.52. The first-order valence-corrected chi connectivity index (χ1v) is 5.59. The number of nitrogens with one attached hydrogen (secondary N) is 1. The van der Waals surface area contributed by atoms with Crippen molar-refractivity contribution < 1.29 is 10.0 Å². The molecule has 18 heavy (non-hydrogen) atoms. The average Bonchev–Trinajstić information content (AvgIpc) is 2.33. The molecular formula is C12H17N3O3. The van der Waals surface area contributed by atoms with Gasteiger partial charge in [-0.05, 0) is 13.0 Å². The van der Waals surface area contributed by atoms with Crippen molar-refractivity contribution >= 4 is 11.4 Å². The Hall–Kier alpha value is -1.92. The molecule has 0 aliphatic heterocycles. The number of benzene rings is 1. The Morgan fingerprint density at radius 2 is 2.33 bits per heavy atom. The maximum Gasteiger partial charge on any atom is 0.295 e. The van der Waals surface area contributed by atoms with Gasteiger partial charge in [0.1, 0.15) is 5.69 Å². The highest BCUT2D eigenvalue weighted by Crippen LogP contribution is 2.27. The molecule has 0 heterocycles. The van der Waals surface area contributed by atoms with E-state index in [0.717, 1.165) is 0 Å². The zero-order valence-electron chi connectivity index (χ0n) is 10.2. The van der Waals surface area contributed by atoms with Crippen LogP contribution < -0.4 is 11.1 Å². The number of aryl methyl sites for hydroxylation is 1. The lowest BCUT2D eigenvalue weighted by Gasteiger charge is -2.06. The van der Waals surface area contributed by atoms with E-state index in [2.05, 4.69) is 5.32 Å². The van der Waals surface area contributed by atoms with Crippen LogP contribution in [0, 0.1) is 17.0 Å².